The Bertz CT molecular complexity index is 743. The van der Waals surface area contributed by atoms with Crippen LogP contribution in [0, 0.1) is 23.2 Å². The number of nitrogens with one attached hydrogen (secondary N) is 1. The fraction of sp³-hybridized carbons (Fsp3) is 0.714. The van der Waals surface area contributed by atoms with Crippen LogP contribution in [0.3, 0.4) is 0 Å². The Morgan fingerprint density at radius 2 is 1.70 bits per heavy atom. The van der Waals surface area contributed by atoms with Crippen molar-refractivity contribution in [1.82, 2.24) is 10.2 Å². The van der Waals surface area contributed by atoms with Gasteiger partial charge in [-0.05, 0) is 63.2 Å². The molecule has 4 aliphatic carbocycles. The Morgan fingerprint density at radius 1 is 1.10 bits per heavy atom. The number of nitrogens with zero attached hydrogens (tertiary/aromatic N) is 2. The van der Waals surface area contributed by atoms with Crippen LogP contribution in [0.2, 0.25) is 0 Å². The van der Waals surface area contributed by atoms with Crippen LogP contribution in [0.5, 0.6) is 0 Å². The van der Waals surface area contributed by atoms with Crippen LogP contribution in [-0.2, 0) is 14.4 Å². The maximum atomic E-state index is 12.4. The van der Waals surface area contributed by atoms with Crippen molar-refractivity contribution in [3.63, 3.8) is 0 Å². The van der Waals surface area contributed by atoms with Gasteiger partial charge < -0.3 is 25.5 Å². The minimum Gasteiger partial charge on any atom is -0.478 e. The van der Waals surface area contributed by atoms with E-state index in [-0.39, 0.29) is 17.5 Å². The van der Waals surface area contributed by atoms with Crippen LogP contribution in [-0.4, -0.2) is 68.3 Å². The number of nitriles is 1. The van der Waals surface area contributed by atoms with E-state index in [1.165, 1.54) is 6.42 Å². The third-order valence-electron chi connectivity index (χ3n) is 6.74. The van der Waals surface area contributed by atoms with Gasteiger partial charge in [-0.1, -0.05) is 0 Å². The van der Waals surface area contributed by atoms with Crippen molar-refractivity contribution in [2.45, 2.75) is 68.5 Å². The number of rotatable bonds is 5. The summed E-state index contributed by atoms with van der Waals surface area (Å²) < 4.78 is 0. The van der Waals surface area contributed by atoms with Gasteiger partial charge in [0.15, 0.2) is 0 Å². The van der Waals surface area contributed by atoms with E-state index in [0.29, 0.717) is 37.1 Å². The molecule has 5 fully saturated rings. The summed E-state index contributed by atoms with van der Waals surface area (Å²) in [5.41, 5.74) is -0.542. The normalized spacial score (nSPS) is 36.3. The van der Waals surface area contributed by atoms with Crippen molar-refractivity contribution < 1.29 is 29.7 Å². The molecule has 1 saturated heterocycles. The monoisotopic (exact) mass is 419 g/mol. The quantitative estimate of drug-likeness (QED) is 0.480. The number of amides is 1. The summed E-state index contributed by atoms with van der Waals surface area (Å²) >= 11 is 0. The number of hydrogen-bond donors (Lipinski definition) is 4. The van der Waals surface area contributed by atoms with Crippen LogP contribution < -0.4 is 5.32 Å². The van der Waals surface area contributed by atoms with Crippen LogP contribution in [0.4, 0.5) is 0 Å². The van der Waals surface area contributed by atoms with Crippen molar-refractivity contribution in [2.75, 3.05) is 13.1 Å². The minimum atomic E-state index is -1.26. The van der Waals surface area contributed by atoms with Crippen LogP contribution in [0.25, 0.3) is 0 Å². The molecule has 9 heteroatoms. The average molecular weight is 419 g/mol. The molecule has 1 aliphatic heterocycles. The van der Waals surface area contributed by atoms with E-state index < -0.39 is 17.5 Å². The van der Waals surface area contributed by atoms with Gasteiger partial charge in [0.2, 0.25) is 5.91 Å². The number of carboxylic acids is 2. The van der Waals surface area contributed by atoms with Crippen molar-refractivity contribution in [3.8, 4) is 6.07 Å². The number of carbonyl (C=O) groups excluding carboxylic acids is 1. The average Bonchev–Trinajstić information content (AvgIpc) is 3.12. The Morgan fingerprint density at radius 3 is 2.20 bits per heavy atom. The van der Waals surface area contributed by atoms with Crippen LogP contribution in [0.1, 0.15) is 51.4 Å². The van der Waals surface area contributed by atoms with Gasteiger partial charge in [0.1, 0.15) is 6.04 Å². The summed E-state index contributed by atoms with van der Waals surface area (Å²) in [6, 6.07) is 1.99. The molecule has 1 amide bonds. The van der Waals surface area contributed by atoms with E-state index in [1.54, 1.807) is 4.90 Å². The fourth-order valence-electron chi connectivity index (χ4n) is 6.13. The predicted molar refractivity (Wildman–Crippen MR) is 105 cm³/mol. The molecule has 1 heterocycles. The van der Waals surface area contributed by atoms with E-state index in [2.05, 4.69) is 11.4 Å². The fourth-order valence-corrected chi connectivity index (χ4v) is 6.13. The second-order valence-corrected chi connectivity index (χ2v) is 9.20. The van der Waals surface area contributed by atoms with Crippen molar-refractivity contribution in [1.29, 1.82) is 5.26 Å². The van der Waals surface area contributed by atoms with Gasteiger partial charge in [-0.15, -0.1) is 0 Å². The standard InChI is InChI=1S/C17H25N3O2.C4H4O4/c18-9-14-2-1-3-20(14)15(21)10-19-16-5-12-4-13(6-16)8-17(22,7-12)11-16;5-3(6)1-2-4(7)8/h12-14,19,22H,1-8,10-11H2;1-2H,(H,5,6)(H,7,8)/b;2-1+/t12?,13?,14-,16?,17?;/m0./s1. The number of aliphatic hydroxyl groups is 1. The lowest BCUT2D eigenvalue weighted by molar-refractivity contribution is -0.147. The maximum Gasteiger partial charge on any atom is 0.328 e. The van der Waals surface area contributed by atoms with Gasteiger partial charge in [0.05, 0.1) is 18.2 Å². The van der Waals surface area contributed by atoms with E-state index >= 15 is 0 Å². The Labute approximate surface area is 175 Å². The Balaban J connectivity index is 0.000000275. The first-order chi connectivity index (χ1) is 14.1. The zero-order chi connectivity index (χ0) is 21.9. The summed E-state index contributed by atoms with van der Waals surface area (Å²) in [6.07, 6.45) is 8.99. The highest BCUT2D eigenvalue weighted by molar-refractivity contribution is 5.89. The number of likely N-dealkylation sites (tertiary alicyclic amines) is 1. The van der Waals surface area contributed by atoms with Gasteiger partial charge in [-0.3, -0.25) is 4.79 Å². The molecule has 164 valence electrons. The molecular formula is C21H29N3O6. The first kappa shape index (κ1) is 22.2. The summed E-state index contributed by atoms with van der Waals surface area (Å²) in [5.74, 6) is -1.23. The molecule has 30 heavy (non-hydrogen) atoms. The highest BCUT2D eigenvalue weighted by atomic mass is 16.4. The number of aliphatic carboxylic acids is 2. The summed E-state index contributed by atoms with van der Waals surface area (Å²) in [5, 5.41) is 39.0. The molecule has 4 N–H and O–H groups in total. The molecule has 0 aromatic carbocycles. The summed E-state index contributed by atoms with van der Waals surface area (Å²) in [7, 11) is 0. The van der Waals surface area contributed by atoms with Crippen molar-refractivity contribution in [3.05, 3.63) is 12.2 Å². The third-order valence-corrected chi connectivity index (χ3v) is 6.74. The highest BCUT2D eigenvalue weighted by Gasteiger charge is 2.57. The maximum absolute atomic E-state index is 12.4. The lowest BCUT2D eigenvalue weighted by atomic mass is 9.51. The molecule has 0 aromatic heterocycles. The predicted octanol–water partition coefficient (Wildman–Crippen LogP) is 0.886. The minimum absolute atomic E-state index is 0.0453. The van der Waals surface area contributed by atoms with Gasteiger partial charge in [-0.25, -0.2) is 9.59 Å². The summed E-state index contributed by atoms with van der Waals surface area (Å²) in [6.45, 7) is 1.02. The molecule has 5 rings (SSSR count). The van der Waals surface area contributed by atoms with Crippen molar-refractivity contribution >= 4 is 17.8 Å². The molecule has 0 spiro atoms. The van der Waals surface area contributed by atoms with Crippen LogP contribution in [0.15, 0.2) is 12.2 Å². The molecule has 3 atom stereocenters. The molecule has 5 aliphatic rings. The molecule has 2 unspecified atom stereocenters. The highest BCUT2D eigenvalue weighted by Crippen LogP contribution is 2.57. The van der Waals surface area contributed by atoms with Crippen LogP contribution >= 0.6 is 0 Å². The first-order valence-electron chi connectivity index (χ1n) is 10.4. The van der Waals surface area contributed by atoms with Gasteiger partial charge in [0, 0.05) is 24.2 Å². The molecule has 9 nitrogen and oxygen atoms in total. The number of carbonyl (C=O) groups is 3. The topological polar surface area (TPSA) is 151 Å². The van der Waals surface area contributed by atoms with E-state index in [1.807, 2.05) is 0 Å². The Hall–Kier alpha value is -2.44. The van der Waals surface area contributed by atoms with E-state index in [9.17, 15) is 19.5 Å². The lowest BCUT2D eigenvalue weighted by Crippen LogP contribution is -2.65. The van der Waals surface area contributed by atoms with Crippen molar-refractivity contribution in [2.24, 2.45) is 11.8 Å². The second kappa shape index (κ2) is 8.74. The number of hydrogen-bond acceptors (Lipinski definition) is 6. The molecule has 4 bridgehead atoms. The first-order valence-corrected chi connectivity index (χ1v) is 10.4. The van der Waals surface area contributed by atoms with Gasteiger partial charge in [-0.2, -0.15) is 5.26 Å². The zero-order valence-corrected chi connectivity index (χ0v) is 16.9. The summed E-state index contributed by atoms with van der Waals surface area (Å²) in [4.78, 5) is 33.3. The molecular weight excluding hydrogens is 390 g/mol. The van der Waals surface area contributed by atoms with Gasteiger partial charge in [0.25, 0.3) is 0 Å². The van der Waals surface area contributed by atoms with E-state index in [4.69, 9.17) is 15.5 Å². The van der Waals surface area contributed by atoms with Gasteiger partial charge >= 0.3 is 11.9 Å². The lowest BCUT2D eigenvalue weighted by Gasteiger charge is -2.60. The Kier molecular flexibility index (Phi) is 6.48. The second-order valence-electron chi connectivity index (χ2n) is 9.20. The zero-order valence-electron chi connectivity index (χ0n) is 16.9. The molecule has 0 radical (unpaired) electrons. The smallest absolute Gasteiger partial charge is 0.328 e. The largest absolute Gasteiger partial charge is 0.478 e. The number of carboxylic acid groups (broad SMARTS) is 2. The molecule has 0 aromatic rings. The SMILES string of the molecule is N#C[C@@H]1CCCN1C(=O)CNC12CC3CC(CC(O)(C3)C1)C2.O=C(O)/C=C/C(=O)O. The van der Waals surface area contributed by atoms with E-state index in [0.717, 1.165) is 44.9 Å². The molecule has 4 saturated carbocycles. The third kappa shape index (κ3) is 5.18.